The van der Waals surface area contributed by atoms with Crippen molar-refractivity contribution in [1.82, 2.24) is 10.2 Å². The van der Waals surface area contributed by atoms with Crippen LogP contribution in [0.3, 0.4) is 0 Å². The van der Waals surface area contributed by atoms with E-state index in [1.54, 1.807) is 52.1 Å². The Morgan fingerprint density at radius 2 is 1.81 bits per heavy atom. The summed E-state index contributed by atoms with van der Waals surface area (Å²) in [6.07, 6.45) is -0.690. The number of carboxylic acids is 1. The van der Waals surface area contributed by atoms with E-state index in [1.165, 1.54) is 11.0 Å². The van der Waals surface area contributed by atoms with E-state index in [-0.39, 0.29) is 23.1 Å². The SMILES string of the molecule is COc1ccc(CN(C(=O)OC(C)(C)C)c2cc(C(=O)O)nnc2Cl)cc1. The Bertz CT molecular complexity index is 834. The van der Waals surface area contributed by atoms with Gasteiger partial charge in [0.15, 0.2) is 10.8 Å². The molecular formula is C18H20ClN3O5. The van der Waals surface area contributed by atoms with E-state index in [9.17, 15) is 9.59 Å². The summed E-state index contributed by atoms with van der Waals surface area (Å²) >= 11 is 6.09. The summed E-state index contributed by atoms with van der Waals surface area (Å²) in [5, 5.41) is 16.2. The molecule has 0 saturated heterocycles. The van der Waals surface area contributed by atoms with Crippen molar-refractivity contribution >= 4 is 29.4 Å². The van der Waals surface area contributed by atoms with Crippen molar-refractivity contribution in [2.24, 2.45) is 0 Å². The second-order valence-electron chi connectivity index (χ2n) is 6.63. The van der Waals surface area contributed by atoms with Crippen molar-refractivity contribution in [2.45, 2.75) is 32.9 Å². The average molecular weight is 394 g/mol. The van der Waals surface area contributed by atoms with Gasteiger partial charge in [-0.15, -0.1) is 10.2 Å². The van der Waals surface area contributed by atoms with Crippen LogP contribution in [0.5, 0.6) is 5.75 Å². The molecule has 0 radical (unpaired) electrons. The summed E-state index contributed by atoms with van der Waals surface area (Å²) in [5.74, 6) is -0.617. The van der Waals surface area contributed by atoms with Gasteiger partial charge in [-0.2, -0.15) is 0 Å². The smallest absolute Gasteiger partial charge is 0.415 e. The molecule has 27 heavy (non-hydrogen) atoms. The van der Waals surface area contributed by atoms with Crippen LogP contribution in [0.4, 0.5) is 10.5 Å². The van der Waals surface area contributed by atoms with Gasteiger partial charge in [0, 0.05) is 6.07 Å². The molecule has 0 aliphatic carbocycles. The molecule has 2 rings (SSSR count). The van der Waals surface area contributed by atoms with Crippen LogP contribution < -0.4 is 9.64 Å². The first-order chi connectivity index (χ1) is 12.6. The highest BCUT2D eigenvalue weighted by Gasteiger charge is 2.27. The van der Waals surface area contributed by atoms with Gasteiger partial charge in [-0.1, -0.05) is 23.7 Å². The predicted octanol–water partition coefficient (Wildman–Crippen LogP) is 3.78. The first-order valence-corrected chi connectivity index (χ1v) is 8.38. The largest absolute Gasteiger partial charge is 0.497 e. The fourth-order valence-corrected chi connectivity index (χ4v) is 2.33. The summed E-state index contributed by atoms with van der Waals surface area (Å²) < 4.78 is 10.6. The maximum Gasteiger partial charge on any atom is 0.415 e. The number of halogens is 1. The highest BCUT2D eigenvalue weighted by atomic mass is 35.5. The zero-order chi connectivity index (χ0) is 20.2. The second-order valence-corrected chi connectivity index (χ2v) is 6.98. The number of methoxy groups -OCH3 is 1. The van der Waals surface area contributed by atoms with Crippen molar-refractivity contribution in [3.8, 4) is 5.75 Å². The Labute approximate surface area is 161 Å². The molecule has 0 unspecified atom stereocenters. The number of nitrogens with zero attached hydrogens (tertiary/aromatic N) is 3. The number of hydrogen-bond acceptors (Lipinski definition) is 6. The minimum atomic E-state index is -1.28. The molecule has 2 aromatic rings. The van der Waals surface area contributed by atoms with Gasteiger partial charge in [0.2, 0.25) is 0 Å². The van der Waals surface area contributed by atoms with Crippen molar-refractivity contribution in [2.75, 3.05) is 12.0 Å². The molecule has 1 aromatic carbocycles. The number of rotatable bonds is 5. The number of carboxylic acid groups (broad SMARTS) is 1. The lowest BCUT2D eigenvalue weighted by Gasteiger charge is -2.27. The number of hydrogen-bond donors (Lipinski definition) is 1. The van der Waals surface area contributed by atoms with Crippen LogP contribution in [0.2, 0.25) is 5.15 Å². The molecular weight excluding hydrogens is 374 g/mol. The third-order valence-corrected chi connectivity index (χ3v) is 3.62. The third-order valence-electron chi connectivity index (χ3n) is 3.35. The summed E-state index contributed by atoms with van der Waals surface area (Å²) in [4.78, 5) is 25.2. The summed E-state index contributed by atoms with van der Waals surface area (Å²) in [6, 6.07) is 8.23. The fourth-order valence-electron chi connectivity index (χ4n) is 2.14. The van der Waals surface area contributed by atoms with Crippen LogP contribution >= 0.6 is 11.6 Å². The summed E-state index contributed by atoms with van der Waals surface area (Å²) in [7, 11) is 1.55. The summed E-state index contributed by atoms with van der Waals surface area (Å²) in [6.45, 7) is 5.27. The molecule has 0 aliphatic rings. The number of anilines is 1. The van der Waals surface area contributed by atoms with Gasteiger partial charge in [-0.3, -0.25) is 4.90 Å². The fraction of sp³-hybridized carbons (Fsp3) is 0.333. The van der Waals surface area contributed by atoms with Crippen LogP contribution in [-0.2, 0) is 11.3 Å². The molecule has 0 aliphatic heterocycles. The highest BCUT2D eigenvalue weighted by Crippen LogP contribution is 2.28. The van der Waals surface area contributed by atoms with Gasteiger partial charge in [-0.05, 0) is 38.5 Å². The van der Waals surface area contributed by atoms with Gasteiger partial charge in [0.25, 0.3) is 0 Å². The lowest BCUT2D eigenvalue weighted by molar-refractivity contribution is 0.0575. The molecule has 0 spiro atoms. The second kappa shape index (κ2) is 8.22. The molecule has 144 valence electrons. The van der Waals surface area contributed by atoms with Crippen molar-refractivity contribution in [3.05, 3.63) is 46.7 Å². The third kappa shape index (κ3) is 5.55. The van der Waals surface area contributed by atoms with Gasteiger partial charge in [0.05, 0.1) is 19.3 Å². The van der Waals surface area contributed by atoms with Gasteiger partial charge < -0.3 is 14.6 Å². The predicted molar refractivity (Wildman–Crippen MR) is 99.4 cm³/mol. The van der Waals surface area contributed by atoms with Crippen LogP contribution in [-0.4, -0.2) is 40.1 Å². The lowest BCUT2D eigenvalue weighted by atomic mass is 10.2. The molecule has 0 saturated carbocycles. The Morgan fingerprint density at radius 3 is 2.33 bits per heavy atom. The topological polar surface area (TPSA) is 102 Å². The number of amides is 1. The van der Waals surface area contributed by atoms with Crippen molar-refractivity contribution in [3.63, 3.8) is 0 Å². The molecule has 0 fully saturated rings. The monoisotopic (exact) mass is 393 g/mol. The van der Waals surface area contributed by atoms with Crippen LogP contribution in [0.1, 0.15) is 36.8 Å². The number of carbonyl (C=O) groups excluding carboxylic acids is 1. The lowest BCUT2D eigenvalue weighted by Crippen LogP contribution is -2.37. The number of aromatic carboxylic acids is 1. The van der Waals surface area contributed by atoms with E-state index in [0.717, 1.165) is 5.56 Å². The molecule has 0 bridgehead atoms. The van der Waals surface area contributed by atoms with Gasteiger partial charge >= 0.3 is 12.1 Å². The molecule has 1 amide bonds. The molecule has 1 N–H and O–H groups in total. The quantitative estimate of drug-likeness (QED) is 0.824. The maximum absolute atomic E-state index is 12.7. The minimum Gasteiger partial charge on any atom is -0.497 e. The average Bonchev–Trinajstić information content (AvgIpc) is 2.59. The summed E-state index contributed by atoms with van der Waals surface area (Å²) in [5.41, 5.74) is -0.240. The zero-order valence-corrected chi connectivity index (χ0v) is 16.1. The molecule has 1 heterocycles. The molecule has 0 atom stereocenters. The van der Waals surface area contributed by atoms with Crippen molar-refractivity contribution in [1.29, 1.82) is 0 Å². The standard InChI is InChI=1S/C18H20ClN3O5/c1-18(2,3)27-17(25)22(10-11-5-7-12(26-4)8-6-11)14-9-13(16(23)24)20-21-15(14)19/h5-9H,10H2,1-4H3,(H,23,24). The van der Waals surface area contributed by atoms with Crippen LogP contribution in [0.25, 0.3) is 0 Å². The van der Waals surface area contributed by atoms with Gasteiger partial charge in [-0.25, -0.2) is 9.59 Å². The number of benzene rings is 1. The Hall–Kier alpha value is -2.87. The van der Waals surface area contributed by atoms with E-state index in [1.807, 2.05) is 0 Å². The number of carbonyl (C=O) groups is 2. The number of ether oxygens (including phenoxy) is 2. The molecule has 9 heteroatoms. The van der Waals surface area contributed by atoms with E-state index < -0.39 is 17.7 Å². The Morgan fingerprint density at radius 1 is 1.19 bits per heavy atom. The van der Waals surface area contributed by atoms with Crippen LogP contribution in [0, 0.1) is 0 Å². The van der Waals surface area contributed by atoms with Crippen molar-refractivity contribution < 1.29 is 24.2 Å². The van der Waals surface area contributed by atoms with E-state index in [2.05, 4.69) is 10.2 Å². The first kappa shape index (κ1) is 20.4. The minimum absolute atomic E-state index is 0.0867. The van der Waals surface area contributed by atoms with E-state index in [0.29, 0.717) is 5.75 Å². The normalized spacial score (nSPS) is 11.0. The molecule has 1 aromatic heterocycles. The zero-order valence-electron chi connectivity index (χ0n) is 15.4. The van der Waals surface area contributed by atoms with Crippen LogP contribution in [0.15, 0.2) is 30.3 Å². The Balaban J connectivity index is 2.44. The maximum atomic E-state index is 12.7. The highest BCUT2D eigenvalue weighted by molar-refractivity contribution is 6.32. The van der Waals surface area contributed by atoms with E-state index >= 15 is 0 Å². The molecule has 8 nitrogen and oxygen atoms in total. The number of aromatic nitrogens is 2. The first-order valence-electron chi connectivity index (χ1n) is 8.00. The van der Waals surface area contributed by atoms with Gasteiger partial charge in [0.1, 0.15) is 11.4 Å². The Kier molecular flexibility index (Phi) is 6.22. The van der Waals surface area contributed by atoms with E-state index in [4.69, 9.17) is 26.2 Å².